The van der Waals surface area contributed by atoms with Crippen LogP contribution in [0, 0.1) is 19.8 Å². The molecule has 2 atom stereocenters. The van der Waals surface area contributed by atoms with Crippen LogP contribution in [-0.2, 0) is 21.4 Å². The number of benzene rings is 1. The van der Waals surface area contributed by atoms with Gasteiger partial charge in [0.15, 0.2) is 10.7 Å². The minimum atomic E-state index is -3.74. The first-order chi connectivity index (χ1) is 12.3. The Balaban J connectivity index is 1.67. The van der Waals surface area contributed by atoms with E-state index in [1.54, 1.807) is 19.9 Å². The summed E-state index contributed by atoms with van der Waals surface area (Å²) in [5.41, 5.74) is 1.80. The van der Waals surface area contributed by atoms with Gasteiger partial charge in [-0.1, -0.05) is 37.1 Å². The zero-order valence-corrected chi connectivity index (χ0v) is 16.3. The second-order valence-corrected chi connectivity index (χ2v) is 8.78. The SMILES string of the molecule is Cc1noc(C)c1S(=O)(=O)Nc1cccc(CO[C@@H]2CCC[C@@H](C)C2)c1. The summed E-state index contributed by atoms with van der Waals surface area (Å²) in [4.78, 5) is 0.0929. The summed E-state index contributed by atoms with van der Waals surface area (Å²) in [7, 11) is -3.74. The summed E-state index contributed by atoms with van der Waals surface area (Å²) in [6, 6.07) is 7.30. The molecule has 1 saturated carbocycles. The molecule has 7 heteroatoms. The largest absolute Gasteiger partial charge is 0.374 e. The first kappa shape index (κ1) is 18.9. The van der Waals surface area contributed by atoms with Crippen molar-refractivity contribution in [2.45, 2.75) is 64.1 Å². The van der Waals surface area contributed by atoms with Gasteiger partial charge < -0.3 is 9.26 Å². The number of anilines is 1. The van der Waals surface area contributed by atoms with E-state index >= 15 is 0 Å². The summed E-state index contributed by atoms with van der Waals surface area (Å²) in [6.45, 7) is 5.95. The summed E-state index contributed by atoms with van der Waals surface area (Å²) in [6.07, 6.45) is 4.98. The molecule has 1 fully saturated rings. The lowest BCUT2D eigenvalue weighted by atomic mass is 9.89. The predicted octanol–water partition coefficient (Wildman–Crippen LogP) is 4.19. The number of rotatable bonds is 6. The lowest BCUT2D eigenvalue weighted by molar-refractivity contribution is 0.00469. The lowest BCUT2D eigenvalue weighted by Gasteiger charge is -2.26. The highest BCUT2D eigenvalue weighted by molar-refractivity contribution is 7.92. The third kappa shape index (κ3) is 4.45. The van der Waals surface area contributed by atoms with Gasteiger partial charge in [-0.05, 0) is 50.3 Å². The fraction of sp³-hybridized carbons (Fsp3) is 0.526. The number of nitrogens with zero attached hydrogens (tertiary/aromatic N) is 1. The van der Waals surface area contributed by atoms with E-state index in [0.29, 0.717) is 30.0 Å². The molecule has 3 rings (SSSR count). The number of aryl methyl sites for hydroxylation is 2. The maximum atomic E-state index is 12.6. The molecule has 6 nitrogen and oxygen atoms in total. The summed E-state index contributed by atoms with van der Waals surface area (Å²) >= 11 is 0. The monoisotopic (exact) mass is 378 g/mol. The molecule has 0 saturated heterocycles. The van der Waals surface area contributed by atoms with E-state index in [1.807, 2.05) is 18.2 Å². The van der Waals surface area contributed by atoms with E-state index in [2.05, 4.69) is 16.8 Å². The van der Waals surface area contributed by atoms with Crippen LogP contribution in [0.4, 0.5) is 5.69 Å². The number of hydrogen-bond donors (Lipinski definition) is 1. The van der Waals surface area contributed by atoms with Gasteiger partial charge in [0.2, 0.25) is 0 Å². The Bertz CT molecular complexity index is 841. The number of hydrogen-bond acceptors (Lipinski definition) is 5. The second-order valence-electron chi connectivity index (χ2n) is 7.16. The van der Waals surface area contributed by atoms with Crippen molar-refractivity contribution in [3.05, 3.63) is 41.3 Å². The van der Waals surface area contributed by atoms with Crippen molar-refractivity contribution in [3.63, 3.8) is 0 Å². The molecule has 1 heterocycles. The third-order valence-corrected chi connectivity index (χ3v) is 6.41. The van der Waals surface area contributed by atoms with Gasteiger partial charge in [-0.15, -0.1) is 0 Å². The van der Waals surface area contributed by atoms with Gasteiger partial charge in [-0.3, -0.25) is 4.72 Å². The van der Waals surface area contributed by atoms with Crippen molar-refractivity contribution in [1.82, 2.24) is 5.16 Å². The molecule has 142 valence electrons. The van der Waals surface area contributed by atoms with Crippen LogP contribution in [0.15, 0.2) is 33.7 Å². The molecule has 0 amide bonds. The van der Waals surface area contributed by atoms with Crippen LogP contribution >= 0.6 is 0 Å². The molecule has 0 unspecified atom stereocenters. The average molecular weight is 378 g/mol. The van der Waals surface area contributed by atoms with E-state index in [4.69, 9.17) is 9.26 Å². The molecule has 0 bridgehead atoms. The van der Waals surface area contributed by atoms with Crippen molar-refractivity contribution in [3.8, 4) is 0 Å². The average Bonchev–Trinajstić information content (AvgIpc) is 2.92. The Morgan fingerprint density at radius 3 is 2.81 bits per heavy atom. The zero-order valence-electron chi connectivity index (χ0n) is 15.5. The summed E-state index contributed by atoms with van der Waals surface area (Å²) in [5, 5.41) is 3.71. The fourth-order valence-corrected chi connectivity index (χ4v) is 4.91. The molecular formula is C19H26N2O4S. The van der Waals surface area contributed by atoms with Crippen LogP contribution < -0.4 is 4.72 Å². The molecule has 1 N–H and O–H groups in total. The highest BCUT2D eigenvalue weighted by atomic mass is 32.2. The predicted molar refractivity (Wildman–Crippen MR) is 99.4 cm³/mol. The van der Waals surface area contributed by atoms with Crippen molar-refractivity contribution in [2.75, 3.05) is 4.72 Å². The van der Waals surface area contributed by atoms with Crippen molar-refractivity contribution in [1.29, 1.82) is 0 Å². The molecule has 0 spiro atoms. The first-order valence-electron chi connectivity index (χ1n) is 9.01. The van der Waals surface area contributed by atoms with Crippen LogP contribution in [0.1, 0.15) is 49.6 Å². The van der Waals surface area contributed by atoms with Gasteiger partial charge in [0.1, 0.15) is 5.69 Å². The molecule has 26 heavy (non-hydrogen) atoms. The van der Waals surface area contributed by atoms with Crippen LogP contribution in [0.3, 0.4) is 0 Å². The van der Waals surface area contributed by atoms with Gasteiger partial charge in [0.25, 0.3) is 10.0 Å². The molecular weight excluding hydrogens is 352 g/mol. The number of aromatic nitrogens is 1. The maximum absolute atomic E-state index is 12.6. The second kappa shape index (κ2) is 7.80. The van der Waals surface area contributed by atoms with Crippen LogP contribution in [0.5, 0.6) is 0 Å². The van der Waals surface area contributed by atoms with E-state index in [9.17, 15) is 8.42 Å². The van der Waals surface area contributed by atoms with Gasteiger partial charge in [0, 0.05) is 5.69 Å². The molecule has 1 aromatic carbocycles. The molecule has 1 aliphatic carbocycles. The number of ether oxygens (including phenoxy) is 1. The zero-order chi connectivity index (χ0) is 18.7. The number of sulfonamides is 1. The minimum absolute atomic E-state index is 0.0929. The van der Waals surface area contributed by atoms with Crippen LogP contribution in [-0.4, -0.2) is 19.7 Å². The minimum Gasteiger partial charge on any atom is -0.374 e. The quantitative estimate of drug-likeness (QED) is 0.815. The highest BCUT2D eigenvalue weighted by Gasteiger charge is 2.24. The number of nitrogens with one attached hydrogen (secondary N) is 1. The molecule has 0 radical (unpaired) electrons. The van der Waals surface area contributed by atoms with Gasteiger partial charge in [-0.2, -0.15) is 0 Å². The van der Waals surface area contributed by atoms with Crippen LogP contribution in [0.25, 0.3) is 0 Å². The highest BCUT2D eigenvalue weighted by Crippen LogP contribution is 2.27. The van der Waals surface area contributed by atoms with E-state index < -0.39 is 10.0 Å². The summed E-state index contributed by atoms with van der Waals surface area (Å²) in [5.74, 6) is 0.989. The standard InChI is InChI=1S/C19H26N2O4S/c1-13-6-4-9-18(10-13)24-12-16-7-5-8-17(11-16)21-26(22,23)19-14(2)20-25-15(19)3/h5,7-8,11,13,18,21H,4,6,9-10,12H2,1-3H3/t13-,18-/m1/s1. The molecule has 1 aromatic heterocycles. The van der Waals surface area contributed by atoms with Gasteiger partial charge >= 0.3 is 0 Å². The molecule has 0 aliphatic heterocycles. The van der Waals surface area contributed by atoms with Crippen molar-refractivity contribution >= 4 is 15.7 Å². The maximum Gasteiger partial charge on any atom is 0.267 e. The van der Waals surface area contributed by atoms with Crippen molar-refractivity contribution in [2.24, 2.45) is 5.92 Å². The first-order valence-corrected chi connectivity index (χ1v) is 10.5. The van der Waals surface area contributed by atoms with E-state index in [1.165, 1.54) is 12.8 Å². The topological polar surface area (TPSA) is 81.4 Å². The van der Waals surface area contributed by atoms with Crippen LogP contribution in [0.2, 0.25) is 0 Å². The molecule has 2 aromatic rings. The Hall–Kier alpha value is -1.86. The Morgan fingerprint density at radius 1 is 1.31 bits per heavy atom. The Labute approximate surface area is 155 Å². The fourth-order valence-electron chi connectivity index (χ4n) is 3.53. The Kier molecular flexibility index (Phi) is 5.67. The Morgan fingerprint density at radius 2 is 2.12 bits per heavy atom. The van der Waals surface area contributed by atoms with E-state index in [0.717, 1.165) is 18.4 Å². The smallest absolute Gasteiger partial charge is 0.267 e. The molecule has 1 aliphatic rings. The summed E-state index contributed by atoms with van der Waals surface area (Å²) < 4.78 is 38.8. The lowest BCUT2D eigenvalue weighted by Crippen LogP contribution is -2.21. The van der Waals surface area contributed by atoms with Gasteiger partial charge in [0.05, 0.1) is 12.7 Å². The normalized spacial score (nSPS) is 20.9. The van der Waals surface area contributed by atoms with E-state index in [-0.39, 0.29) is 10.7 Å². The van der Waals surface area contributed by atoms with Crippen molar-refractivity contribution < 1.29 is 17.7 Å². The third-order valence-electron chi connectivity index (χ3n) is 4.79. The van der Waals surface area contributed by atoms with Gasteiger partial charge in [-0.25, -0.2) is 8.42 Å².